The zero-order valence-electron chi connectivity index (χ0n) is 10.7. The summed E-state index contributed by atoms with van der Waals surface area (Å²) >= 11 is 0. The Hall–Kier alpha value is -1.26. The number of hydrogen-bond donors (Lipinski definition) is 1. The fraction of sp³-hybridized carbons (Fsp3) is 0.833. The number of β-lactam (4-membered cyclic amide) rings is 1. The minimum absolute atomic E-state index is 0.0748. The van der Waals surface area contributed by atoms with Crippen LogP contribution in [0.5, 0.6) is 0 Å². The van der Waals surface area contributed by atoms with E-state index in [1.165, 1.54) is 0 Å². The molecule has 2 aliphatic heterocycles. The summed E-state index contributed by atoms with van der Waals surface area (Å²) in [5, 5.41) is 2.76. The fourth-order valence-electron chi connectivity index (χ4n) is 2.35. The van der Waals surface area contributed by atoms with E-state index in [0.717, 1.165) is 12.8 Å². The molecule has 2 amide bonds. The maximum absolute atomic E-state index is 11.9. The zero-order chi connectivity index (χ0) is 12.7. The van der Waals surface area contributed by atoms with Crippen molar-refractivity contribution in [1.29, 1.82) is 0 Å². The molecule has 2 heterocycles. The zero-order valence-corrected chi connectivity index (χ0v) is 10.7. The lowest BCUT2D eigenvalue weighted by Gasteiger charge is -2.47. The smallest absolute Gasteiger partial charge is 0.410 e. The summed E-state index contributed by atoms with van der Waals surface area (Å²) in [6, 6.07) is 0. The van der Waals surface area contributed by atoms with Crippen molar-refractivity contribution in [1.82, 2.24) is 10.2 Å². The number of nitrogens with one attached hydrogen (secondary N) is 1. The lowest BCUT2D eigenvalue weighted by molar-refractivity contribution is -0.144. The molecule has 2 fully saturated rings. The van der Waals surface area contributed by atoms with E-state index in [9.17, 15) is 9.59 Å². The molecule has 5 nitrogen and oxygen atoms in total. The maximum Gasteiger partial charge on any atom is 0.410 e. The van der Waals surface area contributed by atoms with Gasteiger partial charge in [-0.05, 0) is 33.6 Å². The third-order valence-corrected chi connectivity index (χ3v) is 3.30. The Labute approximate surface area is 101 Å². The number of ether oxygens (including phenoxy) is 1. The van der Waals surface area contributed by atoms with Crippen LogP contribution in [0.4, 0.5) is 4.79 Å². The number of hydrogen-bond acceptors (Lipinski definition) is 3. The van der Waals surface area contributed by atoms with E-state index in [0.29, 0.717) is 19.6 Å². The van der Waals surface area contributed by atoms with Gasteiger partial charge in [-0.3, -0.25) is 4.79 Å². The minimum Gasteiger partial charge on any atom is -0.444 e. The molecule has 1 N–H and O–H groups in total. The second-order valence-electron chi connectivity index (χ2n) is 5.97. The molecular weight excluding hydrogens is 220 g/mol. The average molecular weight is 240 g/mol. The van der Waals surface area contributed by atoms with Crippen LogP contribution < -0.4 is 5.32 Å². The van der Waals surface area contributed by atoms with Crippen molar-refractivity contribution < 1.29 is 14.3 Å². The van der Waals surface area contributed by atoms with Gasteiger partial charge in [-0.25, -0.2) is 4.79 Å². The minimum atomic E-state index is -0.483. The van der Waals surface area contributed by atoms with Crippen LogP contribution in [0.2, 0.25) is 0 Å². The number of rotatable bonds is 0. The summed E-state index contributed by atoms with van der Waals surface area (Å²) in [7, 11) is 0. The van der Waals surface area contributed by atoms with E-state index in [-0.39, 0.29) is 17.4 Å². The Kier molecular flexibility index (Phi) is 2.79. The normalized spacial score (nSPS) is 28.6. The summed E-state index contributed by atoms with van der Waals surface area (Å²) in [5.41, 5.74) is -0.821. The highest BCUT2D eigenvalue weighted by Gasteiger charge is 2.50. The Morgan fingerprint density at radius 1 is 1.47 bits per heavy atom. The van der Waals surface area contributed by atoms with Crippen LogP contribution in [0.1, 0.15) is 33.6 Å². The number of carbonyl (C=O) groups excluding carboxylic acids is 2. The van der Waals surface area contributed by atoms with E-state index in [2.05, 4.69) is 5.32 Å². The van der Waals surface area contributed by atoms with E-state index in [4.69, 9.17) is 4.74 Å². The Balaban J connectivity index is 1.98. The highest BCUT2D eigenvalue weighted by Crippen LogP contribution is 2.35. The second kappa shape index (κ2) is 3.89. The molecule has 1 spiro atoms. The van der Waals surface area contributed by atoms with Gasteiger partial charge >= 0.3 is 6.09 Å². The first-order chi connectivity index (χ1) is 7.82. The Bertz CT molecular complexity index is 348. The van der Waals surface area contributed by atoms with Crippen LogP contribution in [0.25, 0.3) is 0 Å². The van der Waals surface area contributed by atoms with Crippen molar-refractivity contribution in [2.75, 3.05) is 19.6 Å². The van der Waals surface area contributed by atoms with E-state index < -0.39 is 5.60 Å². The van der Waals surface area contributed by atoms with Crippen LogP contribution in [0.3, 0.4) is 0 Å². The maximum atomic E-state index is 11.9. The molecule has 17 heavy (non-hydrogen) atoms. The molecule has 2 saturated heterocycles. The summed E-state index contributed by atoms with van der Waals surface area (Å²) in [4.78, 5) is 25.2. The highest BCUT2D eigenvalue weighted by molar-refractivity contribution is 5.89. The van der Waals surface area contributed by atoms with E-state index in [1.54, 1.807) is 4.90 Å². The van der Waals surface area contributed by atoms with Gasteiger partial charge in [0.15, 0.2) is 0 Å². The van der Waals surface area contributed by atoms with Crippen LogP contribution in [0.15, 0.2) is 0 Å². The standard InChI is InChI=1S/C12H20N2O3/c1-11(2,3)17-10(16)14-6-4-5-12(8-14)7-13-9(12)15/h4-8H2,1-3H3,(H,13,15). The number of piperidine rings is 1. The predicted octanol–water partition coefficient (Wildman–Crippen LogP) is 1.13. The van der Waals surface area contributed by atoms with Crippen molar-refractivity contribution >= 4 is 12.0 Å². The number of nitrogens with zero attached hydrogens (tertiary/aromatic N) is 1. The van der Waals surface area contributed by atoms with Gasteiger partial charge in [0.1, 0.15) is 5.60 Å². The topological polar surface area (TPSA) is 58.6 Å². The fourth-order valence-corrected chi connectivity index (χ4v) is 2.35. The van der Waals surface area contributed by atoms with Crippen LogP contribution in [-0.4, -0.2) is 42.1 Å². The van der Waals surface area contributed by atoms with Gasteiger partial charge in [0, 0.05) is 19.6 Å². The molecule has 0 saturated carbocycles. The van der Waals surface area contributed by atoms with Gasteiger partial charge in [-0.1, -0.05) is 0 Å². The van der Waals surface area contributed by atoms with Gasteiger partial charge < -0.3 is 15.0 Å². The number of carbonyl (C=O) groups is 2. The van der Waals surface area contributed by atoms with Gasteiger partial charge in [0.2, 0.25) is 5.91 Å². The molecule has 0 radical (unpaired) electrons. The number of likely N-dealkylation sites (tertiary alicyclic amines) is 1. The molecule has 96 valence electrons. The first kappa shape index (κ1) is 12.2. The van der Waals surface area contributed by atoms with Crippen molar-refractivity contribution in [3.8, 4) is 0 Å². The highest BCUT2D eigenvalue weighted by atomic mass is 16.6. The van der Waals surface area contributed by atoms with Crippen molar-refractivity contribution in [2.24, 2.45) is 5.41 Å². The molecule has 1 unspecified atom stereocenters. The van der Waals surface area contributed by atoms with Crippen LogP contribution >= 0.6 is 0 Å². The molecule has 2 aliphatic rings. The predicted molar refractivity (Wildman–Crippen MR) is 62.5 cm³/mol. The van der Waals surface area contributed by atoms with Crippen molar-refractivity contribution in [2.45, 2.75) is 39.2 Å². The van der Waals surface area contributed by atoms with Gasteiger partial charge in [-0.15, -0.1) is 0 Å². The summed E-state index contributed by atoms with van der Waals surface area (Å²) in [5.74, 6) is 0.0748. The third-order valence-electron chi connectivity index (χ3n) is 3.30. The SMILES string of the molecule is CC(C)(C)OC(=O)N1CCCC2(CNC2=O)C1. The Morgan fingerprint density at radius 2 is 2.18 bits per heavy atom. The average Bonchev–Trinajstić information content (AvgIpc) is 2.25. The monoisotopic (exact) mass is 240 g/mol. The second-order valence-corrected chi connectivity index (χ2v) is 5.97. The van der Waals surface area contributed by atoms with Crippen molar-refractivity contribution in [3.05, 3.63) is 0 Å². The number of amides is 2. The van der Waals surface area contributed by atoms with Gasteiger partial charge in [0.25, 0.3) is 0 Å². The van der Waals surface area contributed by atoms with Gasteiger partial charge in [-0.2, -0.15) is 0 Å². The molecule has 0 aromatic rings. The summed E-state index contributed by atoms with van der Waals surface area (Å²) in [6.07, 6.45) is 1.43. The summed E-state index contributed by atoms with van der Waals surface area (Å²) in [6.45, 7) is 7.41. The molecule has 0 bridgehead atoms. The van der Waals surface area contributed by atoms with E-state index >= 15 is 0 Å². The molecule has 0 aromatic heterocycles. The lowest BCUT2D eigenvalue weighted by Crippen LogP contribution is -2.66. The van der Waals surface area contributed by atoms with Crippen molar-refractivity contribution in [3.63, 3.8) is 0 Å². The summed E-state index contributed by atoms with van der Waals surface area (Å²) < 4.78 is 5.33. The molecule has 2 rings (SSSR count). The molecule has 0 aromatic carbocycles. The largest absolute Gasteiger partial charge is 0.444 e. The van der Waals surface area contributed by atoms with Crippen LogP contribution in [0, 0.1) is 5.41 Å². The lowest BCUT2D eigenvalue weighted by atomic mass is 9.74. The molecule has 0 aliphatic carbocycles. The van der Waals surface area contributed by atoms with E-state index in [1.807, 2.05) is 20.8 Å². The van der Waals surface area contributed by atoms with Gasteiger partial charge in [0.05, 0.1) is 5.41 Å². The molecule has 1 atom stereocenters. The first-order valence-electron chi connectivity index (χ1n) is 6.09. The Morgan fingerprint density at radius 3 is 2.65 bits per heavy atom. The quantitative estimate of drug-likeness (QED) is 0.646. The third kappa shape index (κ3) is 2.37. The molecule has 5 heteroatoms. The molecular formula is C12H20N2O3. The first-order valence-corrected chi connectivity index (χ1v) is 6.09. The van der Waals surface area contributed by atoms with Crippen LogP contribution in [-0.2, 0) is 9.53 Å².